The van der Waals surface area contributed by atoms with Gasteiger partial charge in [-0.25, -0.2) is 4.39 Å². The van der Waals surface area contributed by atoms with E-state index in [0.29, 0.717) is 34.5 Å². The zero-order valence-corrected chi connectivity index (χ0v) is 18.5. The lowest BCUT2D eigenvalue weighted by molar-refractivity contribution is -0.136. The van der Waals surface area contributed by atoms with E-state index in [4.69, 9.17) is 4.74 Å². The van der Waals surface area contributed by atoms with Crippen molar-refractivity contribution in [1.82, 2.24) is 9.78 Å². The van der Waals surface area contributed by atoms with Gasteiger partial charge in [0.05, 0.1) is 17.8 Å². The lowest BCUT2D eigenvalue weighted by Gasteiger charge is -2.11. The van der Waals surface area contributed by atoms with Crippen LogP contribution < -0.4 is 4.74 Å². The molecule has 5 rings (SSSR count). The third kappa shape index (κ3) is 4.75. The SMILES string of the molecule is Fc1ccccc1COc1ccc(-c2c3cccc(C(F)(F)F)c3nn2Cc2ccccc2)cc1. The summed E-state index contributed by atoms with van der Waals surface area (Å²) in [5, 5.41) is 4.80. The second-order valence-electron chi connectivity index (χ2n) is 8.10. The van der Waals surface area contributed by atoms with Gasteiger partial charge in [-0.3, -0.25) is 4.68 Å². The van der Waals surface area contributed by atoms with Crippen molar-refractivity contribution in [3.8, 4) is 17.0 Å². The molecule has 0 fully saturated rings. The van der Waals surface area contributed by atoms with E-state index in [-0.39, 0.29) is 17.9 Å². The Morgan fingerprint density at radius 2 is 1.49 bits per heavy atom. The molecule has 0 aliphatic rings. The predicted molar refractivity (Wildman–Crippen MR) is 126 cm³/mol. The molecule has 1 heterocycles. The summed E-state index contributed by atoms with van der Waals surface area (Å²) in [6, 6.07) is 26.9. The van der Waals surface area contributed by atoms with Crippen LogP contribution in [-0.2, 0) is 19.3 Å². The van der Waals surface area contributed by atoms with Crippen molar-refractivity contribution in [3.05, 3.63) is 120 Å². The van der Waals surface area contributed by atoms with Gasteiger partial charge >= 0.3 is 6.18 Å². The van der Waals surface area contributed by atoms with E-state index in [2.05, 4.69) is 5.10 Å². The molecule has 0 bridgehead atoms. The Labute approximate surface area is 199 Å². The topological polar surface area (TPSA) is 27.1 Å². The van der Waals surface area contributed by atoms with Crippen molar-refractivity contribution in [2.45, 2.75) is 19.3 Å². The van der Waals surface area contributed by atoms with E-state index in [1.165, 1.54) is 12.1 Å². The first-order valence-corrected chi connectivity index (χ1v) is 11.0. The lowest BCUT2D eigenvalue weighted by Crippen LogP contribution is -2.06. The third-order valence-electron chi connectivity index (χ3n) is 5.73. The summed E-state index contributed by atoms with van der Waals surface area (Å²) in [5.74, 6) is 0.173. The van der Waals surface area contributed by atoms with Crippen LogP contribution in [0.15, 0.2) is 97.1 Å². The Morgan fingerprint density at radius 1 is 0.771 bits per heavy atom. The number of ether oxygens (including phenoxy) is 1. The molecule has 0 amide bonds. The fourth-order valence-electron chi connectivity index (χ4n) is 4.04. The quantitative estimate of drug-likeness (QED) is 0.238. The Bertz CT molecular complexity index is 1460. The van der Waals surface area contributed by atoms with E-state index in [0.717, 1.165) is 11.6 Å². The van der Waals surface area contributed by atoms with E-state index in [1.54, 1.807) is 53.2 Å². The molecule has 0 atom stereocenters. The molecule has 0 aliphatic carbocycles. The largest absolute Gasteiger partial charge is 0.489 e. The van der Waals surface area contributed by atoms with Gasteiger partial charge < -0.3 is 4.74 Å². The molecule has 176 valence electrons. The average Bonchev–Trinajstić information content (AvgIpc) is 3.21. The number of benzene rings is 4. The number of hydrogen-bond donors (Lipinski definition) is 0. The van der Waals surface area contributed by atoms with E-state index in [1.807, 2.05) is 30.3 Å². The van der Waals surface area contributed by atoms with Crippen molar-refractivity contribution in [2.75, 3.05) is 0 Å². The number of fused-ring (bicyclic) bond motifs is 1. The number of alkyl halides is 3. The van der Waals surface area contributed by atoms with Gasteiger partial charge in [-0.15, -0.1) is 0 Å². The normalized spacial score (nSPS) is 11.7. The smallest absolute Gasteiger partial charge is 0.418 e. The molecular weight excluding hydrogens is 456 g/mol. The van der Waals surface area contributed by atoms with Gasteiger partial charge in [-0.1, -0.05) is 60.7 Å². The second kappa shape index (κ2) is 9.25. The van der Waals surface area contributed by atoms with Crippen molar-refractivity contribution in [1.29, 1.82) is 0 Å². The fraction of sp³-hybridized carbons (Fsp3) is 0.107. The van der Waals surface area contributed by atoms with Crippen LogP contribution in [0.5, 0.6) is 5.75 Å². The number of halogens is 4. The highest BCUT2D eigenvalue weighted by Crippen LogP contribution is 2.38. The van der Waals surface area contributed by atoms with Gasteiger partial charge in [0.15, 0.2) is 0 Å². The molecule has 0 unspecified atom stereocenters. The predicted octanol–water partition coefficient (Wildman–Crippen LogP) is 7.49. The standard InChI is InChI=1S/C28H20F4N2O/c29-25-12-5-4-9-21(25)18-35-22-15-13-20(14-16-22)27-23-10-6-11-24(28(30,31)32)26(23)33-34(27)17-19-7-2-1-3-8-19/h1-16H,17-18H2. The van der Waals surface area contributed by atoms with Crippen LogP contribution in [0, 0.1) is 5.82 Å². The summed E-state index contributed by atoms with van der Waals surface area (Å²) >= 11 is 0. The maximum atomic E-state index is 13.9. The van der Waals surface area contributed by atoms with Gasteiger partial charge in [0.2, 0.25) is 0 Å². The Hall–Kier alpha value is -4.13. The molecule has 7 heteroatoms. The maximum Gasteiger partial charge on any atom is 0.418 e. The zero-order valence-electron chi connectivity index (χ0n) is 18.5. The van der Waals surface area contributed by atoms with Crippen LogP contribution in [0.2, 0.25) is 0 Å². The van der Waals surface area contributed by atoms with E-state index in [9.17, 15) is 17.6 Å². The number of aromatic nitrogens is 2. The zero-order chi connectivity index (χ0) is 24.4. The van der Waals surface area contributed by atoms with Crippen molar-refractivity contribution >= 4 is 10.9 Å². The second-order valence-corrected chi connectivity index (χ2v) is 8.10. The minimum atomic E-state index is -4.52. The minimum absolute atomic E-state index is 0.0653. The molecule has 3 nitrogen and oxygen atoms in total. The van der Waals surface area contributed by atoms with Crippen molar-refractivity contribution < 1.29 is 22.3 Å². The molecule has 0 aliphatic heterocycles. The maximum absolute atomic E-state index is 13.9. The van der Waals surface area contributed by atoms with Gasteiger partial charge in [0.25, 0.3) is 0 Å². The average molecular weight is 476 g/mol. The highest BCUT2D eigenvalue weighted by Gasteiger charge is 2.34. The summed E-state index contributed by atoms with van der Waals surface area (Å²) in [5.41, 5.74) is 1.76. The molecule has 0 saturated carbocycles. The first-order valence-electron chi connectivity index (χ1n) is 11.0. The molecule has 0 spiro atoms. The van der Waals surface area contributed by atoms with E-state index >= 15 is 0 Å². The number of rotatable bonds is 6. The molecule has 4 aromatic carbocycles. The van der Waals surface area contributed by atoms with Gasteiger partial charge in [0, 0.05) is 16.5 Å². The van der Waals surface area contributed by atoms with Crippen LogP contribution in [0.1, 0.15) is 16.7 Å². The van der Waals surface area contributed by atoms with Crippen molar-refractivity contribution in [3.63, 3.8) is 0 Å². The minimum Gasteiger partial charge on any atom is -0.489 e. The molecule has 0 saturated heterocycles. The van der Waals surface area contributed by atoms with Gasteiger partial charge in [-0.05, 0) is 42.0 Å². The summed E-state index contributed by atoms with van der Waals surface area (Å²) in [6.45, 7) is 0.378. The molecule has 0 radical (unpaired) electrons. The molecular formula is C28H20F4N2O. The summed E-state index contributed by atoms with van der Waals surface area (Å²) in [4.78, 5) is 0. The molecule has 0 N–H and O–H groups in total. The number of nitrogens with zero attached hydrogens (tertiary/aromatic N) is 2. The summed E-state index contributed by atoms with van der Waals surface area (Å²) < 4.78 is 62.3. The van der Waals surface area contributed by atoms with Crippen LogP contribution in [-0.4, -0.2) is 9.78 Å². The van der Waals surface area contributed by atoms with Crippen LogP contribution in [0.3, 0.4) is 0 Å². The monoisotopic (exact) mass is 476 g/mol. The lowest BCUT2D eigenvalue weighted by atomic mass is 10.0. The van der Waals surface area contributed by atoms with Crippen molar-refractivity contribution in [2.24, 2.45) is 0 Å². The summed E-state index contributed by atoms with van der Waals surface area (Å²) in [7, 11) is 0. The van der Waals surface area contributed by atoms with Crippen LogP contribution in [0.4, 0.5) is 17.6 Å². The van der Waals surface area contributed by atoms with Crippen LogP contribution in [0.25, 0.3) is 22.2 Å². The Balaban J connectivity index is 1.53. The Morgan fingerprint density at radius 3 is 2.20 bits per heavy atom. The fourth-order valence-corrected chi connectivity index (χ4v) is 4.04. The third-order valence-corrected chi connectivity index (χ3v) is 5.73. The molecule has 35 heavy (non-hydrogen) atoms. The van der Waals surface area contributed by atoms with E-state index < -0.39 is 11.7 Å². The summed E-state index contributed by atoms with van der Waals surface area (Å²) in [6.07, 6.45) is -4.52. The highest BCUT2D eigenvalue weighted by molar-refractivity contribution is 5.95. The number of hydrogen-bond acceptors (Lipinski definition) is 2. The Kier molecular flexibility index (Phi) is 5.99. The molecule has 1 aromatic heterocycles. The van der Waals surface area contributed by atoms with Crippen LogP contribution >= 0.6 is 0 Å². The molecule has 5 aromatic rings. The highest BCUT2D eigenvalue weighted by atomic mass is 19.4. The first kappa shape index (κ1) is 22.7. The van der Waals surface area contributed by atoms with Gasteiger partial charge in [-0.2, -0.15) is 18.3 Å². The van der Waals surface area contributed by atoms with Gasteiger partial charge in [0.1, 0.15) is 23.7 Å². The first-order chi connectivity index (χ1) is 16.9.